The van der Waals surface area contributed by atoms with Gasteiger partial charge in [-0.05, 0) is 29.3 Å². The van der Waals surface area contributed by atoms with Crippen molar-refractivity contribution < 1.29 is 14.7 Å². The van der Waals surface area contributed by atoms with Crippen LogP contribution in [0.1, 0.15) is 11.1 Å². The van der Waals surface area contributed by atoms with Crippen molar-refractivity contribution in [1.82, 2.24) is 5.32 Å². The second-order valence-electron chi connectivity index (χ2n) is 5.46. The minimum absolute atomic E-state index is 0.143. The van der Waals surface area contributed by atoms with Gasteiger partial charge in [0.1, 0.15) is 11.7 Å². The fourth-order valence-corrected chi connectivity index (χ4v) is 2.39. The summed E-state index contributed by atoms with van der Waals surface area (Å²) in [6.07, 6.45) is 2.99. The first-order valence-electron chi connectivity index (χ1n) is 7.53. The molecule has 0 bridgehead atoms. The highest BCUT2D eigenvalue weighted by molar-refractivity contribution is 6.26. The van der Waals surface area contributed by atoms with Crippen LogP contribution in [0.5, 0.6) is 5.75 Å². The van der Waals surface area contributed by atoms with Crippen molar-refractivity contribution in [2.24, 2.45) is 10.9 Å². The van der Waals surface area contributed by atoms with E-state index in [-0.39, 0.29) is 23.1 Å². The van der Waals surface area contributed by atoms with E-state index < -0.39 is 5.92 Å². The number of aromatic hydroxyl groups is 1. The zero-order chi connectivity index (χ0) is 16.9. The smallest absolute Gasteiger partial charge is 0.240 e. The number of rotatable bonds is 4. The van der Waals surface area contributed by atoms with Crippen molar-refractivity contribution in [3.8, 4) is 5.75 Å². The normalized spacial score (nSPS) is 19.2. The molecule has 1 fully saturated rings. The quantitative estimate of drug-likeness (QED) is 0.515. The molecule has 2 N–H and O–H groups in total. The minimum atomic E-state index is -0.892. The highest BCUT2D eigenvalue weighted by Crippen LogP contribution is 2.18. The number of ketones is 1. The summed E-state index contributed by atoms with van der Waals surface area (Å²) < 4.78 is 0. The van der Waals surface area contributed by atoms with Crippen LogP contribution in [0.2, 0.25) is 0 Å². The molecule has 0 aliphatic carbocycles. The van der Waals surface area contributed by atoms with E-state index in [4.69, 9.17) is 0 Å². The maximum Gasteiger partial charge on any atom is 0.240 e. The number of phenols is 1. The zero-order valence-electron chi connectivity index (χ0n) is 12.8. The van der Waals surface area contributed by atoms with Gasteiger partial charge in [-0.2, -0.15) is 0 Å². The lowest BCUT2D eigenvalue weighted by molar-refractivity contribution is -0.124. The second kappa shape index (κ2) is 6.91. The molecule has 0 aromatic heterocycles. The van der Waals surface area contributed by atoms with E-state index in [0.29, 0.717) is 6.54 Å². The first-order chi connectivity index (χ1) is 11.6. The van der Waals surface area contributed by atoms with Gasteiger partial charge in [-0.1, -0.05) is 42.5 Å². The number of nitrogens with zero attached hydrogens (tertiary/aromatic N) is 1. The number of amides is 1. The van der Waals surface area contributed by atoms with E-state index in [1.165, 1.54) is 18.3 Å². The van der Waals surface area contributed by atoms with Gasteiger partial charge in [-0.3, -0.25) is 14.6 Å². The third-order valence-electron chi connectivity index (χ3n) is 3.66. The molecule has 0 spiro atoms. The number of hydrogen-bond donors (Lipinski definition) is 2. The van der Waals surface area contributed by atoms with E-state index in [9.17, 15) is 14.7 Å². The van der Waals surface area contributed by atoms with Crippen molar-refractivity contribution in [2.75, 3.05) is 0 Å². The molecule has 2 aromatic carbocycles. The van der Waals surface area contributed by atoms with E-state index >= 15 is 0 Å². The Morgan fingerprint density at radius 2 is 1.75 bits per heavy atom. The average Bonchev–Trinajstić information content (AvgIpc) is 2.85. The number of carbonyl (C=O) groups excluding carboxylic acids is 2. The molecule has 0 radical (unpaired) electrons. The highest BCUT2D eigenvalue weighted by atomic mass is 16.3. The van der Waals surface area contributed by atoms with Crippen molar-refractivity contribution >= 4 is 24.0 Å². The van der Waals surface area contributed by atoms with Gasteiger partial charge in [-0.15, -0.1) is 0 Å². The molecule has 2 aromatic rings. The van der Waals surface area contributed by atoms with Crippen LogP contribution >= 0.6 is 0 Å². The molecule has 1 aliphatic rings. The lowest BCUT2D eigenvalue weighted by Crippen LogP contribution is -2.20. The summed E-state index contributed by atoms with van der Waals surface area (Å²) >= 11 is 0. The Labute approximate surface area is 139 Å². The average molecular weight is 320 g/mol. The molecule has 1 heterocycles. The standard InChI is InChI=1S/C19H16N2O3/c22-15-8-6-13(7-9-15)10-17-18(23)16(19(24)21-17)12-20-11-14-4-2-1-3-5-14/h1-10,12,16,22H,11H2,(H,21,24)/b17-10-,20-12?. The first kappa shape index (κ1) is 15.7. The molecule has 1 unspecified atom stereocenters. The maximum atomic E-state index is 12.3. The number of aliphatic imine (C=N–C) groups is 1. The maximum absolute atomic E-state index is 12.3. The predicted molar refractivity (Wildman–Crippen MR) is 91.4 cm³/mol. The Balaban J connectivity index is 1.71. The van der Waals surface area contributed by atoms with E-state index in [2.05, 4.69) is 10.3 Å². The van der Waals surface area contributed by atoms with E-state index in [0.717, 1.165) is 11.1 Å². The molecular formula is C19H16N2O3. The Bertz CT molecular complexity index is 808. The predicted octanol–water partition coefficient (Wildman–Crippen LogP) is 2.32. The first-order valence-corrected chi connectivity index (χ1v) is 7.53. The van der Waals surface area contributed by atoms with Crippen LogP contribution in [-0.4, -0.2) is 23.0 Å². The number of Topliss-reactive ketones (excluding diaryl/α,β-unsaturated/α-hetero) is 1. The molecule has 1 amide bonds. The molecule has 5 nitrogen and oxygen atoms in total. The van der Waals surface area contributed by atoms with Gasteiger partial charge in [0, 0.05) is 6.21 Å². The summed E-state index contributed by atoms with van der Waals surface area (Å²) in [5, 5.41) is 11.9. The van der Waals surface area contributed by atoms with Crippen LogP contribution in [0, 0.1) is 5.92 Å². The Hall–Kier alpha value is -3.21. The Kier molecular flexibility index (Phi) is 4.52. The van der Waals surface area contributed by atoms with Crippen LogP contribution in [0.25, 0.3) is 6.08 Å². The van der Waals surface area contributed by atoms with Gasteiger partial charge in [0.2, 0.25) is 5.91 Å². The van der Waals surface area contributed by atoms with Gasteiger partial charge in [0.15, 0.2) is 5.78 Å². The molecule has 3 rings (SSSR count). The Morgan fingerprint density at radius 3 is 2.46 bits per heavy atom. The molecule has 24 heavy (non-hydrogen) atoms. The third-order valence-corrected chi connectivity index (χ3v) is 3.66. The fraction of sp³-hybridized carbons (Fsp3) is 0.105. The van der Waals surface area contributed by atoms with Crippen molar-refractivity contribution in [1.29, 1.82) is 0 Å². The molecular weight excluding hydrogens is 304 g/mol. The lowest BCUT2D eigenvalue weighted by Gasteiger charge is -1.98. The van der Waals surface area contributed by atoms with Gasteiger partial charge in [0.05, 0.1) is 12.2 Å². The van der Waals surface area contributed by atoms with Crippen molar-refractivity contribution in [2.45, 2.75) is 6.54 Å². The van der Waals surface area contributed by atoms with Crippen molar-refractivity contribution in [3.63, 3.8) is 0 Å². The van der Waals surface area contributed by atoms with Gasteiger partial charge in [0.25, 0.3) is 0 Å². The zero-order valence-corrected chi connectivity index (χ0v) is 12.8. The van der Waals surface area contributed by atoms with E-state index in [1.807, 2.05) is 30.3 Å². The largest absolute Gasteiger partial charge is 0.508 e. The molecule has 1 saturated heterocycles. The van der Waals surface area contributed by atoms with Crippen LogP contribution < -0.4 is 5.32 Å². The van der Waals surface area contributed by atoms with E-state index in [1.54, 1.807) is 18.2 Å². The summed E-state index contributed by atoms with van der Waals surface area (Å²) in [6, 6.07) is 16.0. The highest BCUT2D eigenvalue weighted by Gasteiger charge is 2.35. The summed E-state index contributed by atoms with van der Waals surface area (Å²) in [5.74, 6) is -1.42. The fourth-order valence-electron chi connectivity index (χ4n) is 2.39. The Morgan fingerprint density at radius 1 is 1.04 bits per heavy atom. The topological polar surface area (TPSA) is 78.8 Å². The lowest BCUT2D eigenvalue weighted by atomic mass is 10.1. The van der Waals surface area contributed by atoms with Gasteiger partial charge in [-0.25, -0.2) is 0 Å². The van der Waals surface area contributed by atoms with Crippen LogP contribution in [-0.2, 0) is 16.1 Å². The third kappa shape index (κ3) is 3.57. The summed E-state index contributed by atoms with van der Waals surface area (Å²) in [5.41, 5.74) is 1.97. The van der Waals surface area contributed by atoms with Gasteiger partial charge < -0.3 is 10.4 Å². The molecule has 1 aliphatic heterocycles. The number of carbonyl (C=O) groups is 2. The molecule has 0 saturated carbocycles. The minimum Gasteiger partial charge on any atom is -0.508 e. The summed E-state index contributed by atoms with van der Waals surface area (Å²) in [6.45, 7) is 0.426. The van der Waals surface area contributed by atoms with Crippen LogP contribution in [0.4, 0.5) is 0 Å². The summed E-state index contributed by atoms with van der Waals surface area (Å²) in [4.78, 5) is 28.5. The SMILES string of the molecule is O=C1N/C(=C\c2ccc(O)cc2)C(=O)C1C=NCc1ccccc1. The molecule has 5 heteroatoms. The molecule has 1 atom stereocenters. The number of phenolic OH excluding ortho intramolecular Hbond substituents is 1. The van der Waals surface area contributed by atoms with Crippen LogP contribution in [0.3, 0.4) is 0 Å². The number of hydrogen-bond acceptors (Lipinski definition) is 4. The monoisotopic (exact) mass is 320 g/mol. The van der Waals surface area contributed by atoms with Gasteiger partial charge >= 0.3 is 0 Å². The number of nitrogens with one attached hydrogen (secondary N) is 1. The second-order valence-corrected chi connectivity index (χ2v) is 5.46. The van der Waals surface area contributed by atoms with Crippen molar-refractivity contribution in [3.05, 3.63) is 71.4 Å². The van der Waals surface area contributed by atoms with Crippen LogP contribution in [0.15, 0.2) is 65.3 Å². The number of allylic oxidation sites excluding steroid dienone is 1. The number of benzene rings is 2. The summed E-state index contributed by atoms with van der Waals surface area (Å²) in [7, 11) is 0. The molecule has 120 valence electrons.